The summed E-state index contributed by atoms with van der Waals surface area (Å²) in [6, 6.07) is 3.74. The average Bonchev–Trinajstić information content (AvgIpc) is 2.28. The van der Waals surface area contributed by atoms with Crippen LogP contribution in [0.25, 0.3) is 0 Å². The van der Waals surface area contributed by atoms with E-state index in [1.165, 1.54) is 12.1 Å². The van der Waals surface area contributed by atoms with Crippen molar-refractivity contribution in [3.8, 4) is 0 Å². The number of hydrogen-bond donors (Lipinski definition) is 2. The van der Waals surface area contributed by atoms with E-state index < -0.39 is 21.9 Å². The van der Waals surface area contributed by atoms with E-state index in [4.69, 9.17) is 0 Å². The van der Waals surface area contributed by atoms with Gasteiger partial charge in [0.2, 0.25) is 10.0 Å². The van der Waals surface area contributed by atoms with Crippen LogP contribution in [-0.2, 0) is 10.0 Å². The third-order valence-electron chi connectivity index (χ3n) is 2.81. The lowest BCUT2D eigenvalue weighted by molar-refractivity contribution is 0.125. The molecule has 0 radical (unpaired) electrons. The number of rotatable bonds is 5. The van der Waals surface area contributed by atoms with Crippen molar-refractivity contribution in [2.75, 3.05) is 6.54 Å². The first-order valence-corrected chi connectivity index (χ1v) is 7.93. The molecule has 0 heterocycles. The second-order valence-corrected chi connectivity index (χ2v) is 7.95. The van der Waals surface area contributed by atoms with Crippen molar-refractivity contribution in [2.45, 2.75) is 45.1 Å². The summed E-state index contributed by atoms with van der Waals surface area (Å²) in [5, 5.41) is 9.79. The summed E-state index contributed by atoms with van der Waals surface area (Å²) < 4.78 is 39.6. The van der Waals surface area contributed by atoms with Crippen LogP contribution in [0.2, 0.25) is 0 Å². The molecule has 0 saturated heterocycles. The molecule has 0 bridgehead atoms. The highest BCUT2D eigenvalue weighted by Gasteiger charge is 2.20. The Balaban J connectivity index is 2.73. The van der Waals surface area contributed by atoms with E-state index in [1.807, 2.05) is 20.8 Å². The lowest BCUT2D eigenvalue weighted by atomic mass is 9.89. The molecule has 1 rings (SSSR count). The van der Waals surface area contributed by atoms with Crippen molar-refractivity contribution in [1.82, 2.24) is 4.72 Å². The number of aliphatic hydroxyl groups excluding tert-OH is 1. The molecule has 0 aliphatic rings. The molecule has 1 aromatic carbocycles. The minimum Gasteiger partial charge on any atom is -0.392 e. The lowest BCUT2D eigenvalue weighted by Crippen LogP contribution is -2.34. The highest BCUT2D eigenvalue weighted by Crippen LogP contribution is 2.21. The quantitative estimate of drug-likeness (QED) is 0.876. The van der Waals surface area contributed by atoms with E-state index in [9.17, 15) is 17.9 Å². The van der Waals surface area contributed by atoms with Crippen LogP contribution < -0.4 is 4.72 Å². The van der Waals surface area contributed by atoms with Gasteiger partial charge in [0.05, 0.1) is 11.0 Å². The minimum atomic E-state index is -3.80. The Kier molecular flexibility index (Phi) is 5.29. The number of hydrogen-bond acceptors (Lipinski definition) is 3. The molecule has 1 aromatic rings. The third-order valence-corrected chi connectivity index (χ3v) is 4.23. The molecule has 2 N–H and O–H groups in total. The van der Waals surface area contributed by atoms with Crippen LogP contribution in [0, 0.1) is 18.2 Å². The van der Waals surface area contributed by atoms with Gasteiger partial charge < -0.3 is 5.11 Å². The summed E-state index contributed by atoms with van der Waals surface area (Å²) in [5.74, 6) is -0.567. The van der Waals surface area contributed by atoms with Gasteiger partial charge >= 0.3 is 0 Å². The summed E-state index contributed by atoms with van der Waals surface area (Å²) in [6.45, 7) is 7.35. The fraction of sp³-hybridized carbons (Fsp3) is 0.571. The van der Waals surface area contributed by atoms with Gasteiger partial charge in [-0.15, -0.1) is 0 Å². The highest BCUT2D eigenvalue weighted by molar-refractivity contribution is 7.89. The fourth-order valence-corrected chi connectivity index (χ4v) is 2.89. The van der Waals surface area contributed by atoms with Gasteiger partial charge in [0, 0.05) is 6.54 Å². The van der Waals surface area contributed by atoms with Gasteiger partial charge in [0.1, 0.15) is 5.82 Å². The zero-order valence-electron chi connectivity index (χ0n) is 12.3. The minimum absolute atomic E-state index is 0.0882. The van der Waals surface area contributed by atoms with Crippen molar-refractivity contribution in [2.24, 2.45) is 5.41 Å². The summed E-state index contributed by atoms with van der Waals surface area (Å²) in [6.07, 6.45) is -0.308. The predicted molar refractivity (Wildman–Crippen MR) is 76.4 cm³/mol. The molecule has 0 aromatic heterocycles. The molecule has 4 nitrogen and oxygen atoms in total. The highest BCUT2D eigenvalue weighted by atomic mass is 32.2. The molecule has 114 valence electrons. The Labute approximate surface area is 120 Å². The van der Waals surface area contributed by atoms with E-state index in [1.54, 1.807) is 6.92 Å². The maximum absolute atomic E-state index is 13.4. The maximum atomic E-state index is 13.4. The van der Waals surface area contributed by atoms with Crippen molar-refractivity contribution < 1.29 is 17.9 Å². The van der Waals surface area contributed by atoms with Crippen LogP contribution in [0.15, 0.2) is 23.1 Å². The van der Waals surface area contributed by atoms with Crippen molar-refractivity contribution >= 4 is 10.0 Å². The molecule has 6 heteroatoms. The Morgan fingerprint density at radius 1 is 1.35 bits per heavy atom. The molecule has 0 aliphatic heterocycles. The van der Waals surface area contributed by atoms with Crippen LogP contribution in [0.4, 0.5) is 4.39 Å². The van der Waals surface area contributed by atoms with Gasteiger partial charge in [0.15, 0.2) is 0 Å². The Morgan fingerprint density at radius 3 is 2.45 bits per heavy atom. The third kappa shape index (κ3) is 5.19. The van der Waals surface area contributed by atoms with Gasteiger partial charge in [-0.25, -0.2) is 17.5 Å². The molecule has 0 fully saturated rings. The summed E-state index contributed by atoms with van der Waals surface area (Å²) in [5.41, 5.74) is 0.289. The first-order valence-electron chi connectivity index (χ1n) is 6.45. The second kappa shape index (κ2) is 6.20. The number of aliphatic hydroxyl groups is 1. The van der Waals surface area contributed by atoms with Crippen molar-refractivity contribution in [1.29, 1.82) is 0 Å². The zero-order chi connectivity index (χ0) is 15.6. The first-order chi connectivity index (χ1) is 9.01. The SMILES string of the molecule is Cc1ccc(S(=O)(=O)NCC(O)CC(C)(C)C)cc1F. The largest absolute Gasteiger partial charge is 0.392 e. The summed E-state index contributed by atoms with van der Waals surface area (Å²) >= 11 is 0. The molecule has 1 unspecified atom stereocenters. The van der Waals surface area contributed by atoms with Gasteiger partial charge in [-0.05, 0) is 36.5 Å². The Hall–Kier alpha value is -0.980. The molecule has 0 aliphatic carbocycles. The number of sulfonamides is 1. The van der Waals surface area contributed by atoms with E-state index in [0.717, 1.165) is 6.07 Å². The number of halogens is 1. The molecule has 0 amide bonds. The van der Waals surface area contributed by atoms with Crippen LogP contribution in [0.5, 0.6) is 0 Å². The second-order valence-electron chi connectivity index (χ2n) is 6.18. The van der Waals surface area contributed by atoms with E-state index in [0.29, 0.717) is 12.0 Å². The summed E-state index contributed by atoms with van der Waals surface area (Å²) in [4.78, 5) is -0.136. The number of benzene rings is 1. The smallest absolute Gasteiger partial charge is 0.240 e. The molecule has 20 heavy (non-hydrogen) atoms. The molecule has 1 atom stereocenters. The molecular weight excluding hydrogens is 281 g/mol. The van der Waals surface area contributed by atoms with Crippen LogP contribution >= 0.6 is 0 Å². The van der Waals surface area contributed by atoms with E-state index in [2.05, 4.69) is 4.72 Å². The number of aryl methyl sites for hydroxylation is 1. The monoisotopic (exact) mass is 303 g/mol. The van der Waals surface area contributed by atoms with Gasteiger partial charge in [-0.3, -0.25) is 0 Å². The van der Waals surface area contributed by atoms with Crippen molar-refractivity contribution in [3.63, 3.8) is 0 Å². The lowest BCUT2D eigenvalue weighted by Gasteiger charge is -2.22. The Bertz CT molecular complexity index is 564. The zero-order valence-corrected chi connectivity index (χ0v) is 13.1. The summed E-state index contributed by atoms with van der Waals surface area (Å²) in [7, 11) is -3.80. The van der Waals surface area contributed by atoms with Crippen LogP contribution in [0.3, 0.4) is 0 Å². The standard InChI is InChI=1S/C14H22FNO3S/c1-10-5-6-12(7-13(10)15)20(18,19)16-9-11(17)8-14(2,3)4/h5-7,11,16-17H,8-9H2,1-4H3. The van der Waals surface area contributed by atoms with Gasteiger partial charge in [-0.2, -0.15) is 0 Å². The normalized spacial score (nSPS) is 14.3. The topological polar surface area (TPSA) is 66.4 Å². The van der Waals surface area contributed by atoms with E-state index in [-0.39, 0.29) is 16.9 Å². The Morgan fingerprint density at radius 2 is 1.95 bits per heavy atom. The molecular formula is C14H22FNO3S. The van der Waals surface area contributed by atoms with Gasteiger partial charge in [0.25, 0.3) is 0 Å². The molecule has 0 spiro atoms. The van der Waals surface area contributed by atoms with Crippen LogP contribution in [-0.4, -0.2) is 26.2 Å². The fourth-order valence-electron chi connectivity index (χ4n) is 1.81. The number of nitrogens with one attached hydrogen (secondary N) is 1. The van der Waals surface area contributed by atoms with Crippen LogP contribution in [0.1, 0.15) is 32.8 Å². The average molecular weight is 303 g/mol. The first kappa shape index (κ1) is 17.1. The predicted octanol–water partition coefficient (Wildman–Crippen LogP) is 2.21. The van der Waals surface area contributed by atoms with Crippen molar-refractivity contribution in [3.05, 3.63) is 29.6 Å². The van der Waals surface area contributed by atoms with Gasteiger partial charge in [-0.1, -0.05) is 26.8 Å². The van der Waals surface area contributed by atoms with E-state index >= 15 is 0 Å². The maximum Gasteiger partial charge on any atom is 0.240 e. The molecule has 0 saturated carbocycles.